The van der Waals surface area contributed by atoms with Crippen LogP contribution in [-0.2, 0) is 5.41 Å². The lowest BCUT2D eigenvalue weighted by atomic mass is 9.66. The van der Waals surface area contributed by atoms with E-state index < -0.39 is 5.41 Å². The van der Waals surface area contributed by atoms with Crippen LogP contribution in [0.3, 0.4) is 0 Å². The molecule has 0 saturated heterocycles. The Labute approximate surface area is 257 Å². The molecule has 0 bridgehead atoms. The quantitative estimate of drug-likeness (QED) is 0.188. The number of hydrogen-bond acceptors (Lipinski definition) is 0. The summed E-state index contributed by atoms with van der Waals surface area (Å²) in [6.07, 6.45) is 0. The molecule has 44 heavy (non-hydrogen) atoms. The van der Waals surface area contributed by atoms with E-state index >= 15 is 0 Å². The fourth-order valence-corrected chi connectivity index (χ4v) is 7.68. The van der Waals surface area contributed by atoms with Gasteiger partial charge in [0.2, 0.25) is 0 Å². The maximum atomic E-state index is 2.48. The van der Waals surface area contributed by atoms with Gasteiger partial charge in [0.1, 0.15) is 0 Å². The SMILES string of the molecule is Cc1ccc(-c2cc3c4c(ccc5cc(-c6ccc7ccccc7c6)cc(c54)C3(c3ccccc3)c3ccccc3)c2)cc1. The van der Waals surface area contributed by atoms with Gasteiger partial charge in [-0.1, -0.05) is 139 Å². The molecule has 1 aliphatic rings. The third-order valence-electron chi connectivity index (χ3n) is 9.72. The standard InChI is InChI=1S/C44H30/c1-29-16-18-31(19-17-29)36-25-34-22-23-35-26-37(33-21-20-30-10-8-9-11-32(30)24-33)28-41-43(35)42(34)40(27-36)44(41,38-12-4-2-5-13-38)39-14-6-3-7-15-39/h2-28H,1H3. The van der Waals surface area contributed by atoms with E-state index in [1.54, 1.807) is 0 Å². The van der Waals surface area contributed by atoms with Crippen molar-refractivity contribution in [1.29, 1.82) is 0 Å². The average Bonchev–Trinajstić information content (AvgIpc) is 3.39. The Balaban J connectivity index is 1.42. The van der Waals surface area contributed by atoms with E-state index in [1.165, 1.54) is 82.4 Å². The molecule has 0 nitrogen and oxygen atoms in total. The average molecular weight is 559 g/mol. The van der Waals surface area contributed by atoms with E-state index in [2.05, 4.69) is 171 Å². The molecule has 0 amide bonds. The van der Waals surface area contributed by atoms with Gasteiger partial charge in [0, 0.05) is 0 Å². The minimum atomic E-state index is -0.462. The fraction of sp³-hybridized carbons (Fsp3) is 0.0455. The van der Waals surface area contributed by atoms with Crippen molar-refractivity contribution in [3.8, 4) is 22.3 Å². The Morgan fingerprint density at radius 3 is 1.39 bits per heavy atom. The van der Waals surface area contributed by atoms with Crippen LogP contribution < -0.4 is 0 Å². The van der Waals surface area contributed by atoms with Crippen LogP contribution in [-0.4, -0.2) is 0 Å². The Hall–Kier alpha value is -5.46. The molecule has 8 aromatic carbocycles. The zero-order valence-electron chi connectivity index (χ0n) is 24.6. The molecule has 0 unspecified atom stereocenters. The molecule has 206 valence electrons. The second-order valence-corrected chi connectivity index (χ2v) is 12.2. The van der Waals surface area contributed by atoms with Gasteiger partial charge in [0.15, 0.2) is 0 Å². The molecule has 1 aliphatic carbocycles. The minimum absolute atomic E-state index is 0.462. The van der Waals surface area contributed by atoms with E-state index in [0.717, 1.165) is 0 Å². The Bertz CT molecular complexity index is 2320. The summed E-state index contributed by atoms with van der Waals surface area (Å²) in [4.78, 5) is 0. The summed E-state index contributed by atoms with van der Waals surface area (Å²) >= 11 is 0. The van der Waals surface area contributed by atoms with Crippen molar-refractivity contribution in [1.82, 2.24) is 0 Å². The molecule has 0 aliphatic heterocycles. The lowest BCUT2D eigenvalue weighted by Gasteiger charge is -2.34. The van der Waals surface area contributed by atoms with Gasteiger partial charge < -0.3 is 0 Å². The van der Waals surface area contributed by atoms with Gasteiger partial charge in [-0.15, -0.1) is 0 Å². The number of aryl methyl sites for hydroxylation is 1. The monoisotopic (exact) mass is 558 g/mol. The van der Waals surface area contributed by atoms with E-state index in [9.17, 15) is 0 Å². The summed E-state index contributed by atoms with van der Waals surface area (Å²) in [5.41, 5.74) is 11.1. The first-order valence-corrected chi connectivity index (χ1v) is 15.4. The minimum Gasteiger partial charge on any atom is -0.0622 e. The summed E-state index contributed by atoms with van der Waals surface area (Å²) < 4.78 is 0. The Morgan fingerprint density at radius 1 is 0.341 bits per heavy atom. The molecule has 0 aromatic heterocycles. The van der Waals surface area contributed by atoms with Crippen molar-refractivity contribution in [3.63, 3.8) is 0 Å². The predicted molar refractivity (Wildman–Crippen MR) is 186 cm³/mol. The maximum Gasteiger partial charge on any atom is 0.0714 e. The molecule has 0 atom stereocenters. The summed E-state index contributed by atoms with van der Waals surface area (Å²) in [5.74, 6) is 0. The molecular weight excluding hydrogens is 528 g/mol. The summed E-state index contributed by atoms with van der Waals surface area (Å²) in [6, 6.07) is 61.1. The fourth-order valence-electron chi connectivity index (χ4n) is 7.68. The molecule has 0 saturated carbocycles. The van der Waals surface area contributed by atoms with Gasteiger partial charge in [0.25, 0.3) is 0 Å². The van der Waals surface area contributed by atoms with Crippen LogP contribution in [0.4, 0.5) is 0 Å². The normalized spacial score (nSPS) is 13.3. The third-order valence-corrected chi connectivity index (χ3v) is 9.72. The zero-order chi connectivity index (χ0) is 29.3. The second kappa shape index (κ2) is 9.53. The second-order valence-electron chi connectivity index (χ2n) is 12.2. The number of fused-ring (bicyclic) bond motifs is 1. The first-order chi connectivity index (χ1) is 21.7. The first kappa shape index (κ1) is 25.1. The van der Waals surface area contributed by atoms with E-state index in [1.807, 2.05) is 0 Å². The van der Waals surface area contributed by atoms with Gasteiger partial charge in [-0.25, -0.2) is 0 Å². The van der Waals surface area contributed by atoms with Gasteiger partial charge >= 0.3 is 0 Å². The van der Waals surface area contributed by atoms with Crippen LogP contribution in [0.1, 0.15) is 27.8 Å². The van der Waals surface area contributed by atoms with Crippen molar-refractivity contribution in [2.75, 3.05) is 0 Å². The lowest BCUT2D eigenvalue weighted by molar-refractivity contribution is 0.772. The zero-order valence-corrected chi connectivity index (χ0v) is 24.6. The molecule has 8 aromatic rings. The maximum absolute atomic E-state index is 2.48. The summed E-state index contributed by atoms with van der Waals surface area (Å²) in [7, 11) is 0. The van der Waals surface area contributed by atoms with Crippen LogP contribution in [0.2, 0.25) is 0 Å². The van der Waals surface area contributed by atoms with Gasteiger partial charge in [-0.3, -0.25) is 0 Å². The van der Waals surface area contributed by atoms with E-state index in [0.29, 0.717) is 0 Å². The highest BCUT2D eigenvalue weighted by atomic mass is 14.5. The van der Waals surface area contributed by atoms with Gasteiger partial charge in [0.05, 0.1) is 5.41 Å². The van der Waals surface area contributed by atoms with Crippen molar-refractivity contribution in [2.45, 2.75) is 12.3 Å². The topological polar surface area (TPSA) is 0 Å². The van der Waals surface area contributed by atoms with Crippen molar-refractivity contribution < 1.29 is 0 Å². The van der Waals surface area contributed by atoms with Crippen LogP contribution in [0.15, 0.2) is 164 Å². The van der Waals surface area contributed by atoms with Gasteiger partial charge in [-0.05, 0) is 114 Å². The first-order valence-electron chi connectivity index (χ1n) is 15.4. The molecule has 0 N–H and O–H groups in total. The molecule has 0 radical (unpaired) electrons. The van der Waals surface area contributed by atoms with Gasteiger partial charge in [-0.2, -0.15) is 0 Å². The van der Waals surface area contributed by atoms with E-state index in [-0.39, 0.29) is 0 Å². The molecular formula is C44H30. The van der Waals surface area contributed by atoms with Crippen molar-refractivity contribution >= 4 is 32.3 Å². The van der Waals surface area contributed by atoms with Crippen LogP contribution in [0.25, 0.3) is 54.6 Å². The lowest BCUT2D eigenvalue weighted by Crippen LogP contribution is -2.28. The summed E-state index contributed by atoms with van der Waals surface area (Å²) in [5, 5.41) is 7.84. The number of benzene rings is 8. The molecule has 9 rings (SSSR count). The van der Waals surface area contributed by atoms with Crippen LogP contribution >= 0.6 is 0 Å². The number of rotatable bonds is 4. The molecule has 0 spiro atoms. The molecule has 0 heteroatoms. The largest absolute Gasteiger partial charge is 0.0714 e. The van der Waals surface area contributed by atoms with Crippen LogP contribution in [0, 0.1) is 6.92 Å². The highest BCUT2D eigenvalue weighted by Gasteiger charge is 2.45. The third kappa shape index (κ3) is 3.58. The van der Waals surface area contributed by atoms with Crippen molar-refractivity contribution in [3.05, 3.63) is 192 Å². The summed E-state index contributed by atoms with van der Waals surface area (Å²) in [6.45, 7) is 2.15. The van der Waals surface area contributed by atoms with Crippen molar-refractivity contribution in [2.24, 2.45) is 0 Å². The molecule has 0 fully saturated rings. The highest BCUT2D eigenvalue weighted by Crippen LogP contribution is 2.57. The number of hydrogen-bond donors (Lipinski definition) is 0. The predicted octanol–water partition coefficient (Wildman–Crippen LogP) is 11.5. The smallest absolute Gasteiger partial charge is 0.0622 e. The Kier molecular flexibility index (Phi) is 5.43. The van der Waals surface area contributed by atoms with Crippen LogP contribution in [0.5, 0.6) is 0 Å². The highest BCUT2D eigenvalue weighted by molar-refractivity contribution is 6.18. The Morgan fingerprint density at radius 2 is 0.795 bits per heavy atom. The molecule has 0 heterocycles. The van der Waals surface area contributed by atoms with E-state index in [4.69, 9.17) is 0 Å².